The number of hydrogen-bond donors (Lipinski definition) is 2. The third-order valence-corrected chi connectivity index (χ3v) is 5.69. The Morgan fingerprint density at radius 1 is 1.32 bits per heavy atom. The van der Waals surface area contributed by atoms with E-state index in [4.69, 9.17) is 0 Å². The minimum absolute atomic E-state index is 0.0656. The van der Waals surface area contributed by atoms with Gasteiger partial charge in [0, 0.05) is 24.8 Å². The number of amides is 1. The van der Waals surface area contributed by atoms with Crippen molar-refractivity contribution in [2.45, 2.75) is 38.6 Å². The number of aromatic nitrogens is 2. The van der Waals surface area contributed by atoms with Gasteiger partial charge in [0.1, 0.15) is 5.69 Å². The van der Waals surface area contributed by atoms with Gasteiger partial charge in [0.15, 0.2) is 0 Å². The second kappa shape index (κ2) is 7.00. The average Bonchev–Trinajstić information content (AvgIpc) is 3.26. The molecule has 1 aromatic heterocycles. The van der Waals surface area contributed by atoms with Gasteiger partial charge in [-0.3, -0.25) is 9.69 Å². The van der Waals surface area contributed by atoms with E-state index in [1.807, 2.05) is 6.92 Å². The van der Waals surface area contributed by atoms with Crippen LogP contribution >= 0.6 is 0 Å². The van der Waals surface area contributed by atoms with E-state index >= 15 is 0 Å². The number of carbonyl (C=O) groups is 1. The van der Waals surface area contributed by atoms with Gasteiger partial charge >= 0.3 is 0 Å². The summed E-state index contributed by atoms with van der Waals surface area (Å²) >= 11 is 0. The van der Waals surface area contributed by atoms with Crippen molar-refractivity contribution < 1.29 is 4.79 Å². The zero-order valence-corrected chi connectivity index (χ0v) is 14.8. The van der Waals surface area contributed by atoms with E-state index in [0.29, 0.717) is 17.7 Å². The van der Waals surface area contributed by atoms with Crippen LogP contribution < -0.4 is 5.32 Å². The van der Waals surface area contributed by atoms with Crippen molar-refractivity contribution in [1.82, 2.24) is 20.2 Å². The fraction of sp³-hybridized carbons (Fsp3) is 0.500. The molecule has 2 aliphatic rings. The van der Waals surface area contributed by atoms with E-state index in [-0.39, 0.29) is 5.91 Å². The predicted octanol–water partition coefficient (Wildman–Crippen LogP) is 2.33. The van der Waals surface area contributed by atoms with Crippen LogP contribution in [0.15, 0.2) is 30.6 Å². The fourth-order valence-corrected chi connectivity index (χ4v) is 4.30. The van der Waals surface area contributed by atoms with Gasteiger partial charge in [-0.15, -0.1) is 0 Å². The van der Waals surface area contributed by atoms with Crippen LogP contribution in [0.2, 0.25) is 0 Å². The molecule has 2 heterocycles. The molecule has 1 atom stereocenters. The SMILES string of the molecule is Cc1[nH]cnc1C(=O)NCC1CCCN(C2Cc3ccccc3C2)C1. The van der Waals surface area contributed by atoms with Crippen LogP contribution in [0.3, 0.4) is 0 Å². The molecule has 1 unspecified atom stereocenters. The Balaban J connectivity index is 1.31. The molecule has 2 aromatic rings. The molecule has 1 aromatic carbocycles. The molecule has 132 valence electrons. The van der Waals surface area contributed by atoms with Gasteiger partial charge in [0.2, 0.25) is 0 Å². The smallest absolute Gasteiger partial charge is 0.271 e. The number of rotatable bonds is 4. The number of likely N-dealkylation sites (tertiary alicyclic amines) is 1. The number of piperidine rings is 1. The lowest BCUT2D eigenvalue weighted by Gasteiger charge is -2.36. The topological polar surface area (TPSA) is 61.0 Å². The lowest BCUT2D eigenvalue weighted by atomic mass is 9.96. The van der Waals surface area contributed by atoms with Gasteiger partial charge in [-0.25, -0.2) is 4.98 Å². The molecule has 1 fully saturated rings. The molecule has 5 nitrogen and oxygen atoms in total. The van der Waals surface area contributed by atoms with Gasteiger partial charge in [0.05, 0.1) is 6.33 Å². The molecule has 1 aliphatic carbocycles. The van der Waals surface area contributed by atoms with Crippen LogP contribution in [0.1, 0.15) is 40.2 Å². The fourth-order valence-electron chi connectivity index (χ4n) is 4.30. The van der Waals surface area contributed by atoms with Crippen molar-refractivity contribution in [2.75, 3.05) is 19.6 Å². The molecule has 0 saturated carbocycles. The van der Waals surface area contributed by atoms with Crippen molar-refractivity contribution in [1.29, 1.82) is 0 Å². The average molecular weight is 338 g/mol. The number of aryl methyl sites for hydroxylation is 1. The third kappa shape index (κ3) is 3.47. The van der Waals surface area contributed by atoms with Crippen molar-refractivity contribution >= 4 is 5.91 Å². The Morgan fingerprint density at radius 3 is 2.76 bits per heavy atom. The molecule has 0 spiro atoms. The van der Waals surface area contributed by atoms with E-state index in [0.717, 1.165) is 18.8 Å². The molecule has 1 saturated heterocycles. The quantitative estimate of drug-likeness (QED) is 0.899. The number of nitrogens with one attached hydrogen (secondary N) is 2. The third-order valence-electron chi connectivity index (χ3n) is 5.69. The van der Waals surface area contributed by atoms with Crippen LogP contribution in [-0.2, 0) is 12.8 Å². The van der Waals surface area contributed by atoms with Crippen molar-refractivity contribution in [3.63, 3.8) is 0 Å². The highest BCUT2D eigenvalue weighted by Gasteiger charge is 2.30. The Bertz CT molecular complexity index is 729. The van der Waals surface area contributed by atoms with Crippen LogP contribution in [-0.4, -0.2) is 46.5 Å². The van der Waals surface area contributed by atoms with Crippen LogP contribution in [0, 0.1) is 12.8 Å². The normalized spacial score (nSPS) is 21.2. The summed E-state index contributed by atoms with van der Waals surface area (Å²) < 4.78 is 0. The van der Waals surface area contributed by atoms with E-state index < -0.39 is 0 Å². The number of aromatic amines is 1. The number of imidazole rings is 1. The maximum atomic E-state index is 12.2. The number of nitrogens with zero attached hydrogens (tertiary/aromatic N) is 2. The van der Waals surface area contributed by atoms with Crippen molar-refractivity contribution in [3.8, 4) is 0 Å². The summed E-state index contributed by atoms with van der Waals surface area (Å²) in [6, 6.07) is 9.45. The summed E-state index contributed by atoms with van der Waals surface area (Å²) in [4.78, 5) is 22.0. The number of carbonyl (C=O) groups excluding carboxylic acids is 1. The first-order valence-corrected chi connectivity index (χ1v) is 9.29. The molecule has 1 aliphatic heterocycles. The number of H-pyrrole nitrogens is 1. The zero-order valence-electron chi connectivity index (χ0n) is 14.8. The Kier molecular flexibility index (Phi) is 4.57. The summed E-state index contributed by atoms with van der Waals surface area (Å²) in [5.74, 6) is 0.463. The summed E-state index contributed by atoms with van der Waals surface area (Å²) in [6.45, 7) is 4.88. The van der Waals surface area contributed by atoms with Gasteiger partial charge in [0.25, 0.3) is 5.91 Å². The summed E-state index contributed by atoms with van der Waals surface area (Å²) in [5, 5.41) is 3.08. The van der Waals surface area contributed by atoms with Crippen LogP contribution in [0.25, 0.3) is 0 Å². The first-order valence-electron chi connectivity index (χ1n) is 9.29. The first-order chi connectivity index (χ1) is 12.2. The second-order valence-electron chi connectivity index (χ2n) is 7.42. The molecule has 2 N–H and O–H groups in total. The second-order valence-corrected chi connectivity index (χ2v) is 7.42. The minimum atomic E-state index is -0.0656. The standard InChI is InChI=1S/C20H26N4O/c1-14-19(23-13-22-14)20(25)21-11-15-5-4-8-24(12-15)18-9-16-6-2-3-7-17(16)10-18/h2-3,6-7,13,15,18H,4-5,8-12H2,1H3,(H,21,25)(H,22,23). The van der Waals surface area contributed by atoms with E-state index in [2.05, 4.69) is 44.5 Å². The molecular formula is C20H26N4O. The number of hydrogen-bond acceptors (Lipinski definition) is 3. The molecule has 25 heavy (non-hydrogen) atoms. The van der Waals surface area contributed by atoms with Crippen molar-refractivity contribution in [3.05, 3.63) is 53.1 Å². The van der Waals surface area contributed by atoms with E-state index in [9.17, 15) is 4.79 Å². The number of benzene rings is 1. The van der Waals surface area contributed by atoms with E-state index in [1.165, 1.54) is 43.4 Å². The molecule has 4 rings (SSSR count). The van der Waals surface area contributed by atoms with Gasteiger partial charge in [-0.05, 0) is 56.2 Å². The van der Waals surface area contributed by atoms with Gasteiger partial charge in [-0.1, -0.05) is 24.3 Å². The van der Waals surface area contributed by atoms with Crippen LogP contribution in [0.4, 0.5) is 0 Å². The largest absolute Gasteiger partial charge is 0.350 e. The first kappa shape index (κ1) is 16.3. The maximum Gasteiger partial charge on any atom is 0.271 e. The summed E-state index contributed by atoms with van der Waals surface area (Å²) in [7, 11) is 0. The summed E-state index contributed by atoms with van der Waals surface area (Å²) in [6.07, 6.45) is 6.32. The molecule has 1 amide bonds. The Labute approximate surface area is 148 Å². The lowest BCUT2D eigenvalue weighted by Crippen LogP contribution is -2.46. The van der Waals surface area contributed by atoms with E-state index in [1.54, 1.807) is 6.33 Å². The molecule has 5 heteroatoms. The van der Waals surface area contributed by atoms with Crippen LogP contribution in [0.5, 0.6) is 0 Å². The minimum Gasteiger partial charge on any atom is -0.350 e. The molecule has 0 radical (unpaired) electrons. The zero-order chi connectivity index (χ0) is 17.2. The Hall–Kier alpha value is -2.14. The highest BCUT2D eigenvalue weighted by atomic mass is 16.1. The highest BCUT2D eigenvalue weighted by Crippen LogP contribution is 2.28. The highest BCUT2D eigenvalue weighted by molar-refractivity contribution is 5.93. The predicted molar refractivity (Wildman–Crippen MR) is 97.6 cm³/mol. The lowest BCUT2D eigenvalue weighted by molar-refractivity contribution is 0.0910. The monoisotopic (exact) mass is 338 g/mol. The number of fused-ring (bicyclic) bond motifs is 1. The van der Waals surface area contributed by atoms with Crippen molar-refractivity contribution in [2.24, 2.45) is 5.92 Å². The summed E-state index contributed by atoms with van der Waals surface area (Å²) in [5.41, 5.74) is 4.36. The van der Waals surface area contributed by atoms with Gasteiger partial charge in [-0.2, -0.15) is 0 Å². The molecule has 0 bridgehead atoms. The Morgan fingerprint density at radius 2 is 2.08 bits per heavy atom. The molecular weight excluding hydrogens is 312 g/mol. The van der Waals surface area contributed by atoms with Gasteiger partial charge < -0.3 is 10.3 Å². The maximum absolute atomic E-state index is 12.2.